The molecule has 0 bridgehead atoms. The van der Waals surface area contributed by atoms with Gasteiger partial charge in [-0.15, -0.1) is 0 Å². The van der Waals surface area contributed by atoms with Crippen molar-refractivity contribution in [2.45, 2.75) is 25.4 Å². The highest BCUT2D eigenvalue weighted by Crippen LogP contribution is 2.39. The molecule has 138 valence electrons. The first-order chi connectivity index (χ1) is 12.4. The Morgan fingerprint density at radius 3 is 2.19 bits per heavy atom. The van der Waals surface area contributed by atoms with Crippen molar-refractivity contribution < 1.29 is 18.0 Å². The lowest BCUT2D eigenvalue weighted by Crippen LogP contribution is -2.31. The Hall–Kier alpha value is -2.70. The fourth-order valence-corrected chi connectivity index (χ4v) is 3.07. The zero-order chi connectivity index (χ0) is 18.6. The first-order valence-corrected chi connectivity index (χ1v) is 8.53. The second kappa shape index (κ2) is 7.68. The van der Waals surface area contributed by atoms with Crippen LogP contribution >= 0.6 is 0 Å². The lowest BCUT2D eigenvalue weighted by Gasteiger charge is -2.31. The third kappa shape index (κ3) is 4.47. The van der Waals surface area contributed by atoms with E-state index in [1.54, 1.807) is 35.2 Å². The molecule has 0 aliphatic carbocycles. The van der Waals surface area contributed by atoms with Crippen molar-refractivity contribution in [1.29, 1.82) is 0 Å². The molecule has 1 fully saturated rings. The first-order valence-electron chi connectivity index (χ1n) is 8.53. The minimum absolute atomic E-state index is 0.103. The highest BCUT2D eigenvalue weighted by Gasteiger charge is 2.35. The summed E-state index contributed by atoms with van der Waals surface area (Å²) in [5.41, 5.74) is 0.112. The zero-order valence-electron chi connectivity index (χ0n) is 14.1. The van der Waals surface area contributed by atoms with E-state index in [1.165, 1.54) is 12.1 Å². The summed E-state index contributed by atoms with van der Waals surface area (Å²) >= 11 is 0. The molecule has 2 aromatic rings. The van der Waals surface area contributed by atoms with E-state index in [0.717, 1.165) is 25.3 Å². The molecule has 0 spiro atoms. The number of rotatable bonds is 3. The zero-order valence-corrected chi connectivity index (χ0v) is 14.1. The Morgan fingerprint density at radius 1 is 0.885 bits per heavy atom. The average Bonchev–Trinajstić information content (AvgIpc) is 2.62. The first kappa shape index (κ1) is 18.1. The van der Waals surface area contributed by atoms with Crippen LogP contribution in [0.3, 0.4) is 0 Å². The van der Waals surface area contributed by atoms with Crippen molar-refractivity contribution in [3.63, 3.8) is 0 Å². The Morgan fingerprint density at radius 2 is 1.54 bits per heavy atom. The van der Waals surface area contributed by atoms with Crippen LogP contribution in [0.15, 0.2) is 48.5 Å². The molecule has 0 radical (unpaired) electrons. The maximum absolute atomic E-state index is 13.5. The van der Waals surface area contributed by atoms with Crippen LogP contribution in [0.1, 0.15) is 24.8 Å². The van der Waals surface area contributed by atoms with Crippen LogP contribution in [-0.2, 0) is 6.18 Å². The largest absolute Gasteiger partial charge is 0.418 e. The molecular weight excluding hydrogens is 343 g/mol. The number of alkyl halides is 3. The SMILES string of the molecule is O=C(Nc1ccccc1)Nc1ccc(N2CCCCC2)c(C(F)(F)F)c1. The maximum atomic E-state index is 13.5. The van der Waals surface area contributed by atoms with E-state index in [2.05, 4.69) is 10.6 Å². The third-order valence-electron chi connectivity index (χ3n) is 4.29. The molecule has 2 aromatic carbocycles. The summed E-state index contributed by atoms with van der Waals surface area (Å²) in [6, 6.07) is 12.0. The van der Waals surface area contributed by atoms with Gasteiger partial charge in [0.05, 0.1) is 5.56 Å². The van der Waals surface area contributed by atoms with Crippen molar-refractivity contribution in [3.05, 3.63) is 54.1 Å². The molecule has 0 saturated carbocycles. The van der Waals surface area contributed by atoms with E-state index in [4.69, 9.17) is 0 Å². The molecule has 2 N–H and O–H groups in total. The number of benzene rings is 2. The van der Waals surface area contributed by atoms with Gasteiger partial charge in [0.25, 0.3) is 0 Å². The molecule has 4 nitrogen and oxygen atoms in total. The summed E-state index contributed by atoms with van der Waals surface area (Å²) in [4.78, 5) is 13.8. The Labute approximate surface area is 150 Å². The minimum Gasteiger partial charge on any atom is -0.371 e. The normalized spacial score (nSPS) is 14.8. The van der Waals surface area contributed by atoms with Gasteiger partial charge in [0, 0.05) is 30.2 Å². The number of amides is 2. The van der Waals surface area contributed by atoms with Crippen LogP contribution in [0.2, 0.25) is 0 Å². The molecule has 0 aromatic heterocycles. The summed E-state index contributed by atoms with van der Waals surface area (Å²) in [6.45, 7) is 1.23. The van der Waals surface area contributed by atoms with Crippen LogP contribution in [0.5, 0.6) is 0 Å². The molecule has 1 heterocycles. The van der Waals surface area contributed by atoms with Crippen molar-refractivity contribution in [3.8, 4) is 0 Å². The van der Waals surface area contributed by atoms with E-state index < -0.39 is 17.8 Å². The number of anilines is 3. The number of para-hydroxylation sites is 1. The summed E-state index contributed by atoms with van der Waals surface area (Å²) in [5, 5.41) is 5.05. The molecule has 0 unspecified atom stereocenters. The van der Waals surface area contributed by atoms with Crippen LogP contribution in [0.4, 0.5) is 35.0 Å². The number of carbonyl (C=O) groups is 1. The maximum Gasteiger partial charge on any atom is 0.418 e. The number of hydrogen-bond donors (Lipinski definition) is 2. The predicted octanol–water partition coefficient (Wildman–Crippen LogP) is 5.34. The van der Waals surface area contributed by atoms with Crippen LogP contribution in [0, 0.1) is 0 Å². The van der Waals surface area contributed by atoms with Gasteiger partial charge < -0.3 is 15.5 Å². The van der Waals surface area contributed by atoms with Crippen molar-refractivity contribution >= 4 is 23.1 Å². The van der Waals surface area contributed by atoms with Gasteiger partial charge in [-0.3, -0.25) is 0 Å². The predicted molar refractivity (Wildman–Crippen MR) is 96.6 cm³/mol. The standard InChI is InChI=1S/C19H20F3N3O/c20-19(21,22)16-13-15(9-10-17(16)25-11-5-2-6-12-25)24-18(26)23-14-7-3-1-4-8-14/h1,3-4,7-10,13H,2,5-6,11-12H2,(H2,23,24,26). The van der Waals surface area contributed by atoms with E-state index in [9.17, 15) is 18.0 Å². The van der Waals surface area contributed by atoms with Gasteiger partial charge in [-0.05, 0) is 49.6 Å². The summed E-state index contributed by atoms with van der Waals surface area (Å²) in [7, 11) is 0. The van der Waals surface area contributed by atoms with Gasteiger partial charge >= 0.3 is 12.2 Å². The van der Waals surface area contributed by atoms with Crippen molar-refractivity contribution in [1.82, 2.24) is 0 Å². The second-order valence-electron chi connectivity index (χ2n) is 6.22. The Kier molecular flexibility index (Phi) is 5.35. The highest BCUT2D eigenvalue weighted by atomic mass is 19.4. The topological polar surface area (TPSA) is 44.4 Å². The van der Waals surface area contributed by atoms with Crippen molar-refractivity contribution in [2.24, 2.45) is 0 Å². The van der Waals surface area contributed by atoms with Gasteiger partial charge in [-0.2, -0.15) is 13.2 Å². The number of nitrogens with zero attached hydrogens (tertiary/aromatic N) is 1. The number of hydrogen-bond acceptors (Lipinski definition) is 2. The smallest absolute Gasteiger partial charge is 0.371 e. The quantitative estimate of drug-likeness (QED) is 0.773. The second-order valence-corrected chi connectivity index (χ2v) is 6.22. The van der Waals surface area contributed by atoms with E-state index in [1.807, 2.05) is 0 Å². The van der Waals surface area contributed by atoms with Gasteiger partial charge in [0.2, 0.25) is 0 Å². The minimum atomic E-state index is -4.49. The molecule has 2 amide bonds. The van der Waals surface area contributed by atoms with Crippen LogP contribution in [-0.4, -0.2) is 19.1 Å². The van der Waals surface area contributed by atoms with Gasteiger partial charge in [0.15, 0.2) is 0 Å². The fraction of sp³-hybridized carbons (Fsp3) is 0.316. The molecule has 26 heavy (non-hydrogen) atoms. The van der Waals surface area contributed by atoms with E-state index in [-0.39, 0.29) is 11.4 Å². The van der Waals surface area contributed by atoms with Gasteiger partial charge in [0.1, 0.15) is 0 Å². The average molecular weight is 363 g/mol. The summed E-state index contributed by atoms with van der Waals surface area (Å²) in [5.74, 6) is 0. The third-order valence-corrected chi connectivity index (χ3v) is 4.29. The Balaban J connectivity index is 1.79. The number of carbonyl (C=O) groups excluding carboxylic acids is 1. The van der Waals surface area contributed by atoms with Crippen molar-refractivity contribution in [2.75, 3.05) is 28.6 Å². The van der Waals surface area contributed by atoms with Crippen LogP contribution < -0.4 is 15.5 Å². The van der Waals surface area contributed by atoms with E-state index in [0.29, 0.717) is 18.8 Å². The number of nitrogens with one attached hydrogen (secondary N) is 2. The lowest BCUT2D eigenvalue weighted by atomic mass is 10.1. The fourth-order valence-electron chi connectivity index (χ4n) is 3.07. The number of halogens is 3. The molecule has 1 saturated heterocycles. The van der Waals surface area contributed by atoms with Crippen LogP contribution in [0.25, 0.3) is 0 Å². The lowest BCUT2D eigenvalue weighted by molar-refractivity contribution is -0.137. The monoisotopic (exact) mass is 363 g/mol. The number of piperidine rings is 1. The summed E-state index contributed by atoms with van der Waals surface area (Å²) < 4.78 is 40.5. The Bertz CT molecular complexity index is 756. The molecule has 1 aliphatic rings. The molecule has 7 heteroatoms. The van der Waals surface area contributed by atoms with Gasteiger partial charge in [-0.25, -0.2) is 4.79 Å². The van der Waals surface area contributed by atoms with E-state index >= 15 is 0 Å². The molecule has 1 aliphatic heterocycles. The molecular formula is C19H20F3N3O. The molecule has 0 atom stereocenters. The molecule has 3 rings (SSSR count). The van der Waals surface area contributed by atoms with Gasteiger partial charge in [-0.1, -0.05) is 18.2 Å². The summed E-state index contributed by atoms with van der Waals surface area (Å²) in [6.07, 6.45) is -1.68. The highest BCUT2D eigenvalue weighted by molar-refractivity contribution is 5.99. The number of urea groups is 1.